The highest BCUT2D eigenvalue weighted by atomic mass is 19.1. The number of carboxylic acids is 1. The van der Waals surface area contributed by atoms with Crippen molar-refractivity contribution in [2.24, 2.45) is 0 Å². The fourth-order valence-corrected chi connectivity index (χ4v) is 1.12. The Balaban J connectivity index is 2.24. The van der Waals surface area contributed by atoms with Crippen LogP contribution in [-0.4, -0.2) is 41.8 Å². The van der Waals surface area contributed by atoms with Crippen molar-refractivity contribution in [3.8, 4) is 0 Å². The van der Waals surface area contributed by atoms with Crippen LogP contribution >= 0.6 is 0 Å². The summed E-state index contributed by atoms with van der Waals surface area (Å²) >= 11 is 0. The van der Waals surface area contributed by atoms with Crippen molar-refractivity contribution < 1.29 is 14.3 Å². The van der Waals surface area contributed by atoms with Crippen LogP contribution in [0.5, 0.6) is 0 Å². The monoisotopic (exact) mass is 147 g/mol. The Hall–Kier alpha value is -0.640. The molecule has 0 aliphatic carbocycles. The van der Waals surface area contributed by atoms with Crippen molar-refractivity contribution in [2.45, 2.75) is 12.6 Å². The van der Waals surface area contributed by atoms with Crippen molar-refractivity contribution in [3.05, 3.63) is 0 Å². The van der Waals surface area contributed by atoms with E-state index in [0.717, 1.165) is 0 Å². The van der Waals surface area contributed by atoms with E-state index in [0.29, 0.717) is 13.0 Å². The molecule has 1 aliphatic heterocycles. The number of hydrogen-bond donors (Lipinski definition) is 1. The third-order valence-corrected chi connectivity index (χ3v) is 1.57. The van der Waals surface area contributed by atoms with Gasteiger partial charge in [0, 0.05) is 13.1 Å². The number of halogens is 1. The molecule has 0 saturated carbocycles. The lowest BCUT2D eigenvalue weighted by atomic mass is 10.3. The van der Waals surface area contributed by atoms with Gasteiger partial charge in [0.05, 0.1) is 6.54 Å². The molecule has 4 heteroatoms. The average molecular weight is 147 g/mol. The molecule has 1 aliphatic rings. The van der Waals surface area contributed by atoms with Crippen LogP contribution in [0.3, 0.4) is 0 Å². The average Bonchev–Trinajstić information content (AvgIpc) is 2.13. The van der Waals surface area contributed by atoms with E-state index in [-0.39, 0.29) is 13.1 Å². The van der Waals surface area contributed by atoms with Crippen LogP contribution in [0.15, 0.2) is 0 Å². The molecule has 58 valence electrons. The molecule has 1 rings (SSSR count). The van der Waals surface area contributed by atoms with Crippen molar-refractivity contribution in [2.75, 3.05) is 19.6 Å². The number of alkyl halides is 1. The molecule has 1 fully saturated rings. The highest BCUT2D eigenvalue weighted by Crippen LogP contribution is 2.10. The molecule has 0 radical (unpaired) electrons. The van der Waals surface area contributed by atoms with Gasteiger partial charge < -0.3 is 5.11 Å². The van der Waals surface area contributed by atoms with Crippen molar-refractivity contribution in [1.82, 2.24) is 4.90 Å². The summed E-state index contributed by atoms with van der Waals surface area (Å²) in [4.78, 5) is 11.7. The van der Waals surface area contributed by atoms with Gasteiger partial charge >= 0.3 is 5.97 Å². The van der Waals surface area contributed by atoms with Gasteiger partial charge in [-0.1, -0.05) is 0 Å². The van der Waals surface area contributed by atoms with Crippen LogP contribution in [0.25, 0.3) is 0 Å². The van der Waals surface area contributed by atoms with Crippen LogP contribution in [0.4, 0.5) is 4.39 Å². The lowest BCUT2D eigenvalue weighted by Crippen LogP contribution is -2.27. The molecule has 1 saturated heterocycles. The molecule has 1 N–H and O–H groups in total. The lowest BCUT2D eigenvalue weighted by molar-refractivity contribution is -0.138. The van der Waals surface area contributed by atoms with E-state index in [4.69, 9.17) is 5.11 Å². The number of aliphatic carboxylic acids is 1. The fraction of sp³-hybridized carbons (Fsp3) is 0.833. The van der Waals surface area contributed by atoms with Gasteiger partial charge in [-0.05, 0) is 6.42 Å². The molecule has 10 heavy (non-hydrogen) atoms. The molecule has 1 heterocycles. The predicted molar refractivity (Wildman–Crippen MR) is 33.6 cm³/mol. The lowest BCUT2D eigenvalue weighted by Gasteiger charge is -2.09. The highest BCUT2D eigenvalue weighted by molar-refractivity contribution is 5.69. The van der Waals surface area contributed by atoms with Crippen molar-refractivity contribution >= 4 is 5.97 Å². The van der Waals surface area contributed by atoms with Gasteiger partial charge in [-0.2, -0.15) is 0 Å². The molecule has 0 aromatic rings. The summed E-state index contributed by atoms with van der Waals surface area (Å²) in [6, 6.07) is 0. The summed E-state index contributed by atoms with van der Waals surface area (Å²) in [5.74, 6) is -0.880. The number of carbonyl (C=O) groups is 1. The van der Waals surface area contributed by atoms with Gasteiger partial charge in [0.2, 0.25) is 0 Å². The smallest absolute Gasteiger partial charge is 0.317 e. The number of likely N-dealkylation sites (tertiary alicyclic amines) is 1. The zero-order chi connectivity index (χ0) is 7.56. The summed E-state index contributed by atoms with van der Waals surface area (Å²) in [7, 11) is 0. The quantitative estimate of drug-likeness (QED) is 0.602. The SMILES string of the molecule is O=C(O)CN1CC[C@H](F)C1. The van der Waals surface area contributed by atoms with E-state index in [1.165, 1.54) is 0 Å². The summed E-state index contributed by atoms with van der Waals surface area (Å²) in [6.07, 6.45) is -0.341. The van der Waals surface area contributed by atoms with Gasteiger partial charge in [0.25, 0.3) is 0 Å². The second-order valence-electron chi connectivity index (χ2n) is 2.51. The topological polar surface area (TPSA) is 40.5 Å². The Kier molecular flexibility index (Phi) is 2.21. The molecule has 0 spiro atoms. The van der Waals surface area contributed by atoms with Crippen LogP contribution < -0.4 is 0 Å². The van der Waals surface area contributed by atoms with Crippen molar-refractivity contribution in [1.29, 1.82) is 0 Å². The van der Waals surface area contributed by atoms with Crippen molar-refractivity contribution in [3.63, 3.8) is 0 Å². The van der Waals surface area contributed by atoms with Gasteiger partial charge in [-0.25, -0.2) is 4.39 Å². The molecule has 0 aromatic carbocycles. The Bertz CT molecular complexity index is 140. The molecule has 0 bridgehead atoms. The summed E-state index contributed by atoms with van der Waals surface area (Å²) < 4.78 is 12.4. The maximum absolute atomic E-state index is 12.4. The van der Waals surface area contributed by atoms with Crippen LogP contribution in [0.2, 0.25) is 0 Å². The van der Waals surface area contributed by atoms with Gasteiger partial charge in [-0.15, -0.1) is 0 Å². The van der Waals surface area contributed by atoms with Crippen LogP contribution in [0, 0.1) is 0 Å². The largest absolute Gasteiger partial charge is 0.480 e. The fourth-order valence-electron chi connectivity index (χ4n) is 1.12. The maximum Gasteiger partial charge on any atom is 0.317 e. The summed E-state index contributed by atoms with van der Waals surface area (Å²) in [5.41, 5.74) is 0. The standard InChI is InChI=1S/C6H10FNO2/c7-5-1-2-8(3-5)4-6(9)10/h5H,1-4H2,(H,9,10)/t5-/m0/s1. The minimum atomic E-state index is -0.880. The summed E-state index contributed by atoms with van der Waals surface area (Å²) in [6.45, 7) is 0.834. The highest BCUT2D eigenvalue weighted by Gasteiger charge is 2.22. The molecular formula is C6H10FNO2. The normalized spacial score (nSPS) is 27.1. The molecular weight excluding hydrogens is 137 g/mol. The first kappa shape index (κ1) is 7.47. The molecule has 0 amide bonds. The second kappa shape index (κ2) is 2.96. The Morgan fingerprint density at radius 3 is 2.90 bits per heavy atom. The van der Waals surface area contributed by atoms with E-state index < -0.39 is 12.1 Å². The van der Waals surface area contributed by atoms with Crippen LogP contribution in [0.1, 0.15) is 6.42 Å². The minimum absolute atomic E-state index is 0.0274. The predicted octanol–water partition coefficient (Wildman–Crippen LogP) is 0.115. The maximum atomic E-state index is 12.4. The first-order valence-corrected chi connectivity index (χ1v) is 3.26. The molecule has 0 unspecified atom stereocenters. The Labute approximate surface area is 58.4 Å². The van der Waals surface area contributed by atoms with Gasteiger partial charge in [-0.3, -0.25) is 9.69 Å². The van der Waals surface area contributed by atoms with Gasteiger partial charge in [0.15, 0.2) is 0 Å². The van der Waals surface area contributed by atoms with Gasteiger partial charge in [0.1, 0.15) is 6.17 Å². The molecule has 3 nitrogen and oxygen atoms in total. The zero-order valence-corrected chi connectivity index (χ0v) is 5.59. The Morgan fingerprint density at radius 2 is 2.50 bits per heavy atom. The van der Waals surface area contributed by atoms with E-state index in [2.05, 4.69) is 0 Å². The molecule has 1 atom stereocenters. The van der Waals surface area contributed by atoms with E-state index in [9.17, 15) is 9.18 Å². The minimum Gasteiger partial charge on any atom is -0.480 e. The summed E-state index contributed by atoms with van der Waals surface area (Å²) in [5, 5.41) is 8.30. The van der Waals surface area contributed by atoms with E-state index in [1.54, 1.807) is 4.90 Å². The third kappa shape index (κ3) is 1.95. The number of hydrogen-bond acceptors (Lipinski definition) is 2. The number of nitrogens with zero attached hydrogens (tertiary/aromatic N) is 1. The number of rotatable bonds is 2. The first-order valence-electron chi connectivity index (χ1n) is 3.26. The van der Waals surface area contributed by atoms with Crippen LogP contribution in [-0.2, 0) is 4.79 Å². The zero-order valence-electron chi connectivity index (χ0n) is 5.59. The first-order chi connectivity index (χ1) is 4.68. The molecule has 0 aromatic heterocycles. The van der Waals surface area contributed by atoms with E-state index in [1.807, 2.05) is 0 Å². The number of carboxylic acid groups (broad SMARTS) is 1. The Morgan fingerprint density at radius 1 is 1.80 bits per heavy atom. The third-order valence-electron chi connectivity index (χ3n) is 1.57. The second-order valence-corrected chi connectivity index (χ2v) is 2.51. The van der Waals surface area contributed by atoms with E-state index >= 15 is 0 Å².